The summed E-state index contributed by atoms with van der Waals surface area (Å²) in [5.41, 5.74) is 3.17. The Morgan fingerprint density at radius 3 is 2.36 bits per heavy atom. The molecule has 112 valence electrons. The average molecular weight is 296 g/mol. The van der Waals surface area contributed by atoms with E-state index in [0.717, 1.165) is 13.1 Å². The number of carboxylic acids is 1. The Morgan fingerprint density at radius 2 is 1.73 bits per heavy atom. The number of nitrogens with zero attached hydrogens (tertiary/aromatic N) is 1. The number of aromatic carboxylic acids is 1. The molecule has 2 aromatic carbocycles. The summed E-state index contributed by atoms with van der Waals surface area (Å²) in [6.07, 6.45) is 0. The van der Waals surface area contributed by atoms with Crippen LogP contribution in [0.15, 0.2) is 48.5 Å². The molecule has 0 fully saturated rings. The van der Waals surface area contributed by atoms with Crippen LogP contribution in [0.3, 0.4) is 0 Å². The number of nitrogens with one attached hydrogen (secondary N) is 1. The van der Waals surface area contributed by atoms with Gasteiger partial charge in [0.15, 0.2) is 0 Å². The summed E-state index contributed by atoms with van der Waals surface area (Å²) in [5, 5.41) is 11.7. The van der Waals surface area contributed by atoms with Crippen molar-refractivity contribution in [2.45, 2.75) is 13.1 Å². The van der Waals surface area contributed by atoms with Gasteiger partial charge in [-0.2, -0.15) is 0 Å². The van der Waals surface area contributed by atoms with Crippen LogP contribution in [0.25, 0.3) is 0 Å². The summed E-state index contributed by atoms with van der Waals surface area (Å²) in [6, 6.07) is 14.4. The van der Waals surface area contributed by atoms with Crippen LogP contribution in [0.2, 0.25) is 0 Å². The minimum absolute atomic E-state index is 0.143. The molecule has 0 spiro atoms. The first-order valence-electron chi connectivity index (χ1n) is 7.04. The lowest BCUT2D eigenvalue weighted by Gasteiger charge is -2.14. The zero-order chi connectivity index (χ0) is 15.5. The van der Waals surface area contributed by atoms with Gasteiger partial charge in [0.2, 0.25) is 5.91 Å². The van der Waals surface area contributed by atoms with Gasteiger partial charge in [0.25, 0.3) is 0 Å². The van der Waals surface area contributed by atoms with E-state index in [9.17, 15) is 9.59 Å². The second kappa shape index (κ2) is 5.99. The maximum Gasteiger partial charge on any atom is 0.335 e. The number of carbonyl (C=O) groups excluding carboxylic acids is 1. The van der Waals surface area contributed by atoms with Gasteiger partial charge in [-0.1, -0.05) is 30.3 Å². The number of carbonyl (C=O) groups is 2. The van der Waals surface area contributed by atoms with Gasteiger partial charge >= 0.3 is 5.97 Å². The molecule has 2 aromatic rings. The van der Waals surface area contributed by atoms with E-state index in [1.165, 1.54) is 23.3 Å². The number of hydrogen-bond acceptors (Lipinski definition) is 3. The van der Waals surface area contributed by atoms with Crippen LogP contribution in [-0.4, -0.2) is 28.4 Å². The average Bonchev–Trinajstić information content (AvgIpc) is 2.89. The van der Waals surface area contributed by atoms with Crippen molar-refractivity contribution in [2.75, 3.05) is 11.9 Å². The first-order valence-corrected chi connectivity index (χ1v) is 7.04. The third-order valence-corrected chi connectivity index (χ3v) is 3.67. The summed E-state index contributed by atoms with van der Waals surface area (Å²) >= 11 is 0. The molecule has 3 rings (SSSR count). The van der Waals surface area contributed by atoms with Gasteiger partial charge in [0.05, 0.1) is 12.1 Å². The van der Waals surface area contributed by atoms with E-state index >= 15 is 0 Å². The SMILES string of the molecule is O=C(CN1Cc2ccccc2C1)Nc1cccc(C(=O)O)c1. The topological polar surface area (TPSA) is 69.6 Å². The maximum atomic E-state index is 12.1. The number of rotatable bonds is 4. The second-order valence-corrected chi connectivity index (χ2v) is 5.35. The quantitative estimate of drug-likeness (QED) is 0.908. The van der Waals surface area contributed by atoms with Crippen molar-refractivity contribution in [2.24, 2.45) is 0 Å². The molecule has 0 saturated heterocycles. The van der Waals surface area contributed by atoms with E-state index in [-0.39, 0.29) is 18.0 Å². The molecule has 0 aromatic heterocycles. The van der Waals surface area contributed by atoms with Gasteiger partial charge in [-0.25, -0.2) is 4.79 Å². The number of carboxylic acid groups (broad SMARTS) is 1. The molecular formula is C17H16N2O3. The number of benzene rings is 2. The Labute approximate surface area is 128 Å². The Balaban J connectivity index is 1.60. The fraction of sp³-hybridized carbons (Fsp3) is 0.176. The minimum Gasteiger partial charge on any atom is -0.478 e. The highest BCUT2D eigenvalue weighted by atomic mass is 16.4. The van der Waals surface area contributed by atoms with Gasteiger partial charge in [-0.05, 0) is 29.3 Å². The first-order chi connectivity index (χ1) is 10.6. The largest absolute Gasteiger partial charge is 0.478 e. The van der Waals surface area contributed by atoms with Crippen LogP contribution in [0.5, 0.6) is 0 Å². The molecule has 0 aliphatic carbocycles. The lowest BCUT2D eigenvalue weighted by molar-refractivity contribution is -0.117. The summed E-state index contributed by atoms with van der Waals surface area (Å²) in [6.45, 7) is 1.81. The van der Waals surface area contributed by atoms with E-state index in [2.05, 4.69) is 22.3 Å². The molecule has 5 heteroatoms. The minimum atomic E-state index is -1.01. The lowest BCUT2D eigenvalue weighted by atomic mass is 10.1. The fourth-order valence-electron chi connectivity index (χ4n) is 2.65. The van der Waals surface area contributed by atoms with Crippen LogP contribution in [0.4, 0.5) is 5.69 Å². The Kier molecular flexibility index (Phi) is 3.89. The molecule has 1 amide bonds. The van der Waals surface area contributed by atoms with Gasteiger partial charge in [-0.15, -0.1) is 0 Å². The molecule has 1 aliphatic rings. The number of fused-ring (bicyclic) bond motifs is 1. The lowest BCUT2D eigenvalue weighted by Crippen LogP contribution is -2.29. The van der Waals surface area contributed by atoms with Gasteiger partial charge in [0, 0.05) is 18.8 Å². The molecule has 5 nitrogen and oxygen atoms in total. The van der Waals surface area contributed by atoms with Crippen LogP contribution in [0.1, 0.15) is 21.5 Å². The Morgan fingerprint density at radius 1 is 1.05 bits per heavy atom. The molecule has 2 N–H and O–H groups in total. The summed E-state index contributed by atoms with van der Waals surface area (Å²) in [5.74, 6) is -1.15. The van der Waals surface area contributed by atoms with Crippen molar-refractivity contribution in [1.82, 2.24) is 4.90 Å². The Bertz CT molecular complexity index is 702. The number of hydrogen-bond donors (Lipinski definition) is 2. The van der Waals surface area contributed by atoms with Crippen LogP contribution < -0.4 is 5.32 Å². The number of anilines is 1. The van der Waals surface area contributed by atoms with Crippen LogP contribution in [-0.2, 0) is 17.9 Å². The highest BCUT2D eigenvalue weighted by Gasteiger charge is 2.20. The third kappa shape index (κ3) is 3.15. The van der Waals surface area contributed by atoms with Gasteiger partial charge in [0.1, 0.15) is 0 Å². The molecule has 0 saturated carbocycles. The highest BCUT2D eigenvalue weighted by Crippen LogP contribution is 2.21. The molecule has 0 atom stereocenters. The predicted octanol–water partition coefficient (Wildman–Crippen LogP) is 2.34. The normalized spacial score (nSPS) is 13.6. The molecular weight excluding hydrogens is 280 g/mol. The van der Waals surface area contributed by atoms with Crippen molar-refractivity contribution in [3.63, 3.8) is 0 Å². The monoisotopic (exact) mass is 296 g/mol. The molecule has 22 heavy (non-hydrogen) atoms. The predicted molar refractivity (Wildman–Crippen MR) is 82.6 cm³/mol. The van der Waals surface area contributed by atoms with Crippen molar-refractivity contribution in [3.05, 3.63) is 65.2 Å². The first kappa shape index (κ1) is 14.3. The van der Waals surface area contributed by atoms with E-state index in [4.69, 9.17) is 5.11 Å². The maximum absolute atomic E-state index is 12.1. The standard InChI is InChI=1S/C17H16N2O3/c20-16(18-15-7-3-6-12(8-15)17(21)22)11-19-9-13-4-1-2-5-14(13)10-19/h1-8H,9-11H2,(H,18,20)(H,21,22). The molecule has 0 bridgehead atoms. The van der Waals surface area contributed by atoms with Crippen molar-refractivity contribution < 1.29 is 14.7 Å². The van der Waals surface area contributed by atoms with E-state index in [0.29, 0.717) is 5.69 Å². The zero-order valence-electron chi connectivity index (χ0n) is 12.0. The molecule has 1 aliphatic heterocycles. The van der Waals surface area contributed by atoms with E-state index in [1.54, 1.807) is 12.1 Å². The smallest absolute Gasteiger partial charge is 0.335 e. The van der Waals surface area contributed by atoms with E-state index in [1.807, 2.05) is 12.1 Å². The van der Waals surface area contributed by atoms with Gasteiger partial charge in [-0.3, -0.25) is 9.69 Å². The van der Waals surface area contributed by atoms with Crippen molar-refractivity contribution >= 4 is 17.6 Å². The summed E-state index contributed by atoms with van der Waals surface area (Å²) in [7, 11) is 0. The third-order valence-electron chi connectivity index (χ3n) is 3.67. The van der Waals surface area contributed by atoms with Crippen LogP contribution >= 0.6 is 0 Å². The molecule has 1 heterocycles. The molecule has 0 unspecified atom stereocenters. The van der Waals surface area contributed by atoms with Crippen molar-refractivity contribution in [1.29, 1.82) is 0 Å². The zero-order valence-corrected chi connectivity index (χ0v) is 12.0. The van der Waals surface area contributed by atoms with E-state index < -0.39 is 5.97 Å². The number of amides is 1. The second-order valence-electron chi connectivity index (χ2n) is 5.35. The highest BCUT2D eigenvalue weighted by molar-refractivity contribution is 5.94. The summed E-state index contributed by atoms with van der Waals surface area (Å²) < 4.78 is 0. The fourth-order valence-corrected chi connectivity index (χ4v) is 2.65. The molecule has 0 radical (unpaired) electrons. The van der Waals surface area contributed by atoms with Gasteiger partial charge < -0.3 is 10.4 Å². The summed E-state index contributed by atoms with van der Waals surface area (Å²) in [4.78, 5) is 25.1. The Hall–Kier alpha value is -2.66. The van der Waals surface area contributed by atoms with Crippen LogP contribution in [0, 0.1) is 0 Å². The van der Waals surface area contributed by atoms with Crippen molar-refractivity contribution in [3.8, 4) is 0 Å².